The van der Waals surface area contributed by atoms with Crippen LogP contribution in [0.5, 0.6) is 5.75 Å². The van der Waals surface area contributed by atoms with Crippen molar-refractivity contribution in [3.8, 4) is 17.1 Å². The van der Waals surface area contributed by atoms with Crippen molar-refractivity contribution in [2.24, 2.45) is 5.10 Å². The Morgan fingerprint density at radius 3 is 2.56 bits per heavy atom. The summed E-state index contributed by atoms with van der Waals surface area (Å²) in [5.74, 6) is 1.55. The van der Waals surface area contributed by atoms with Gasteiger partial charge in [-0.2, -0.15) is 5.10 Å². The Bertz CT molecular complexity index is 1160. The van der Waals surface area contributed by atoms with E-state index in [1.807, 2.05) is 41.8 Å². The minimum Gasteiger partial charge on any atom is -0.496 e. The van der Waals surface area contributed by atoms with E-state index in [9.17, 15) is 4.79 Å². The Labute approximate surface area is 205 Å². The molecule has 0 aliphatic rings. The van der Waals surface area contributed by atoms with E-state index in [1.54, 1.807) is 13.2 Å². The van der Waals surface area contributed by atoms with Crippen molar-refractivity contribution in [1.29, 1.82) is 0 Å². The van der Waals surface area contributed by atoms with E-state index in [0.29, 0.717) is 11.7 Å². The van der Waals surface area contributed by atoms with E-state index >= 15 is 0 Å². The number of hydrogen-bond acceptors (Lipinski definition) is 6. The monoisotopic (exact) mass is 477 g/mol. The molecule has 0 spiro atoms. The standard InChI is InChI=1S/C26H31N5O2S/c1-6-31-24(20-13-15-21(16-14-20)26(2,3)4)29-30-25(31)34-18-23(32)28-27-17-9-11-19-10-7-8-12-22(19)33-5/h7-17H,6,18H2,1-5H3,(H,28,32). The molecule has 1 N–H and O–H groups in total. The summed E-state index contributed by atoms with van der Waals surface area (Å²) in [6.07, 6.45) is 5.14. The fourth-order valence-corrected chi connectivity index (χ4v) is 4.07. The number of amides is 1. The SMILES string of the molecule is CCn1c(SCC(=O)NN=CC=Cc2ccccc2OC)nnc1-c1ccc(C(C)(C)C)cc1. The summed E-state index contributed by atoms with van der Waals surface area (Å²) in [7, 11) is 1.63. The van der Waals surface area contributed by atoms with Gasteiger partial charge in [0.2, 0.25) is 0 Å². The topological polar surface area (TPSA) is 81.4 Å². The zero-order chi connectivity index (χ0) is 24.6. The number of hydrazone groups is 1. The van der Waals surface area contributed by atoms with Gasteiger partial charge in [0, 0.05) is 23.9 Å². The first-order valence-corrected chi connectivity index (χ1v) is 12.1. The second-order valence-corrected chi connectivity index (χ2v) is 9.52. The smallest absolute Gasteiger partial charge is 0.250 e. The minimum absolute atomic E-state index is 0.0953. The van der Waals surface area contributed by atoms with E-state index in [0.717, 1.165) is 22.7 Å². The van der Waals surface area contributed by atoms with Crippen LogP contribution in [0.4, 0.5) is 0 Å². The second kappa shape index (κ2) is 11.7. The van der Waals surface area contributed by atoms with Gasteiger partial charge < -0.3 is 9.30 Å². The number of carbonyl (C=O) groups excluding carboxylic acids is 1. The van der Waals surface area contributed by atoms with Crippen LogP contribution in [0, 0.1) is 0 Å². The molecule has 0 bridgehead atoms. The molecule has 0 atom stereocenters. The van der Waals surface area contributed by atoms with Crippen molar-refractivity contribution in [2.45, 2.75) is 44.8 Å². The van der Waals surface area contributed by atoms with Crippen molar-refractivity contribution in [3.05, 3.63) is 65.7 Å². The molecule has 2 aromatic carbocycles. The molecule has 0 radical (unpaired) electrons. The van der Waals surface area contributed by atoms with Gasteiger partial charge in [0.1, 0.15) is 5.75 Å². The van der Waals surface area contributed by atoms with Gasteiger partial charge in [0.25, 0.3) is 5.91 Å². The summed E-state index contributed by atoms with van der Waals surface area (Å²) < 4.78 is 7.32. The average Bonchev–Trinajstić information content (AvgIpc) is 3.25. The fraction of sp³-hybridized carbons (Fsp3) is 0.308. The predicted molar refractivity (Wildman–Crippen MR) is 139 cm³/mol. The molecule has 0 fully saturated rings. The lowest BCUT2D eigenvalue weighted by atomic mass is 9.87. The number of ether oxygens (including phenoxy) is 1. The lowest BCUT2D eigenvalue weighted by Crippen LogP contribution is -2.19. The molecule has 3 rings (SSSR count). The van der Waals surface area contributed by atoms with Gasteiger partial charge >= 0.3 is 0 Å². The van der Waals surface area contributed by atoms with Crippen LogP contribution in [0.2, 0.25) is 0 Å². The summed E-state index contributed by atoms with van der Waals surface area (Å²) in [6, 6.07) is 16.1. The van der Waals surface area contributed by atoms with Crippen LogP contribution < -0.4 is 10.2 Å². The third-order valence-corrected chi connectivity index (χ3v) is 6.11. The van der Waals surface area contributed by atoms with Crippen LogP contribution in [0.1, 0.15) is 38.8 Å². The number of aromatic nitrogens is 3. The first-order valence-electron chi connectivity index (χ1n) is 11.1. The van der Waals surface area contributed by atoms with Crippen molar-refractivity contribution in [1.82, 2.24) is 20.2 Å². The van der Waals surface area contributed by atoms with Gasteiger partial charge in [-0.1, -0.05) is 75.0 Å². The number of benzene rings is 2. The number of rotatable bonds is 9. The second-order valence-electron chi connectivity index (χ2n) is 8.58. The maximum atomic E-state index is 12.2. The van der Waals surface area contributed by atoms with Gasteiger partial charge in [0.15, 0.2) is 11.0 Å². The van der Waals surface area contributed by atoms with Crippen LogP contribution >= 0.6 is 11.8 Å². The number of carbonyl (C=O) groups is 1. The number of para-hydroxylation sites is 1. The van der Waals surface area contributed by atoms with Crippen molar-refractivity contribution < 1.29 is 9.53 Å². The molecule has 1 aromatic heterocycles. The third kappa shape index (κ3) is 6.57. The van der Waals surface area contributed by atoms with Crippen LogP contribution in [-0.4, -0.2) is 39.7 Å². The van der Waals surface area contributed by atoms with Crippen molar-refractivity contribution in [2.75, 3.05) is 12.9 Å². The highest BCUT2D eigenvalue weighted by atomic mass is 32.2. The Morgan fingerprint density at radius 2 is 1.88 bits per heavy atom. The number of nitrogens with one attached hydrogen (secondary N) is 1. The molecule has 0 saturated carbocycles. The molecule has 1 heterocycles. The van der Waals surface area contributed by atoms with E-state index in [-0.39, 0.29) is 17.1 Å². The third-order valence-electron chi connectivity index (χ3n) is 5.14. The summed E-state index contributed by atoms with van der Waals surface area (Å²) >= 11 is 1.34. The zero-order valence-electron chi connectivity index (χ0n) is 20.3. The highest BCUT2D eigenvalue weighted by Crippen LogP contribution is 2.27. The molecule has 34 heavy (non-hydrogen) atoms. The molecule has 178 valence electrons. The van der Waals surface area contributed by atoms with Crippen molar-refractivity contribution >= 4 is 30.0 Å². The van der Waals surface area contributed by atoms with E-state index in [2.05, 4.69) is 65.8 Å². The molecule has 0 saturated heterocycles. The van der Waals surface area contributed by atoms with Gasteiger partial charge in [0.05, 0.1) is 12.9 Å². The number of allylic oxidation sites excluding steroid dienone is 1. The van der Waals surface area contributed by atoms with E-state index in [4.69, 9.17) is 4.74 Å². The van der Waals surface area contributed by atoms with Crippen LogP contribution in [0.15, 0.2) is 64.9 Å². The number of nitrogens with zero attached hydrogens (tertiary/aromatic N) is 4. The maximum Gasteiger partial charge on any atom is 0.250 e. The highest BCUT2D eigenvalue weighted by Gasteiger charge is 2.17. The Morgan fingerprint density at radius 1 is 1.15 bits per heavy atom. The van der Waals surface area contributed by atoms with Crippen molar-refractivity contribution in [3.63, 3.8) is 0 Å². The molecule has 1 amide bonds. The van der Waals surface area contributed by atoms with Crippen LogP contribution in [0.25, 0.3) is 17.5 Å². The van der Waals surface area contributed by atoms with E-state index in [1.165, 1.54) is 23.5 Å². The molecule has 8 heteroatoms. The highest BCUT2D eigenvalue weighted by molar-refractivity contribution is 7.99. The first kappa shape index (κ1) is 25.2. The minimum atomic E-state index is -0.214. The largest absolute Gasteiger partial charge is 0.496 e. The summed E-state index contributed by atoms with van der Waals surface area (Å²) in [5.41, 5.74) is 5.83. The molecule has 0 unspecified atom stereocenters. The maximum absolute atomic E-state index is 12.2. The molecular formula is C26H31N5O2S. The molecule has 3 aromatic rings. The van der Waals surface area contributed by atoms with Gasteiger partial charge in [-0.25, -0.2) is 5.43 Å². The average molecular weight is 478 g/mol. The van der Waals surface area contributed by atoms with Gasteiger partial charge in [-0.05, 0) is 36.1 Å². The Hall–Kier alpha value is -3.39. The molecule has 0 aliphatic heterocycles. The van der Waals surface area contributed by atoms with E-state index < -0.39 is 0 Å². The number of methoxy groups -OCH3 is 1. The fourth-order valence-electron chi connectivity index (χ4n) is 3.28. The zero-order valence-corrected chi connectivity index (χ0v) is 21.1. The number of hydrogen-bond donors (Lipinski definition) is 1. The summed E-state index contributed by atoms with van der Waals surface area (Å²) in [4.78, 5) is 12.2. The van der Waals surface area contributed by atoms with Gasteiger partial charge in [-0.3, -0.25) is 4.79 Å². The van der Waals surface area contributed by atoms with Crippen LogP contribution in [0.3, 0.4) is 0 Å². The number of thioether (sulfide) groups is 1. The normalized spacial score (nSPS) is 11.9. The van der Waals surface area contributed by atoms with Crippen LogP contribution in [-0.2, 0) is 16.8 Å². The molecule has 7 nitrogen and oxygen atoms in total. The Balaban J connectivity index is 1.56. The predicted octanol–water partition coefficient (Wildman–Crippen LogP) is 5.18. The lowest BCUT2D eigenvalue weighted by molar-refractivity contribution is -0.118. The quantitative estimate of drug-likeness (QED) is 0.261. The summed E-state index contributed by atoms with van der Waals surface area (Å²) in [6.45, 7) is 9.32. The van der Waals surface area contributed by atoms with Gasteiger partial charge in [-0.15, -0.1) is 10.2 Å². The Kier molecular flexibility index (Phi) is 8.65. The summed E-state index contributed by atoms with van der Waals surface area (Å²) in [5, 5.41) is 13.3. The molecular weight excluding hydrogens is 446 g/mol. The molecule has 0 aliphatic carbocycles. The lowest BCUT2D eigenvalue weighted by Gasteiger charge is -2.19. The first-order chi connectivity index (χ1) is 16.3.